The highest BCUT2D eigenvalue weighted by Crippen LogP contribution is 2.29. The fourth-order valence-electron chi connectivity index (χ4n) is 4.12. The summed E-state index contributed by atoms with van der Waals surface area (Å²) in [6.07, 6.45) is 5.72. The van der Waals surface area contributed by atoms with Crippen LogP contribution in [0.4, 0.5) is 0 Å². The molecular formula is C28H34N2O2. The first-order valence-electron chi connectivity index (χ1n) is 11.7. The van der Waals surface area contributed by atoms with Crippen molar-refractivity contribution in [1.29, 1.82) is 0 Å². The van der Waals surface area contributed by atoms with Crippen LogP contribution in [0.2, 0.25) is 0 Å². The second-order valence-electron chi connectivity index (χ2n) is 8.97. The van der Waals surface area contributed by atoms with Crippen LogP contribution in [0.15, 0.2) is 67.0 Å². The van der Waals surface area contributed by atoms with E-state index < -0.39 is 0 Å². The third kappa shape index (κ3) is 6.41. The molecular weight excluding hydrogens is 396 g/mol. The molecule has 0 aliphatic carbocycles. The highest BCUT2D eigenvalue weighted by Gasteiger charge is 2.12. The fourth-order valence-corrected chi connectivity index (χ4v) is 4.12. The Bertz CT molecular complexity index is 988. The van der Waals surface area contributed by atoms with Crippen molar-refractivity contribution in [2.45, 2.75) is 33.2 Å². The second kappa shape index (κ2) is 11.3. The van der Waals surface area contributed by atoms with Gasteiger partial charge in [-0.25, -0.2) is 0 Å². The SMILES string of the molecule is CC(C)CCN1CCOCCOc2ccc(-c3ccncc3)cc2Cc2cccc(c2)C1. The average molecular weight is 431 g/mol. The van der Waals surface area contributed by atoms with Gasteiger partial charge in [0, 0.05) is 31.9 Å². The maximum atomic E-state index is 6.15. The molecule has 4 nitrogen and oxygen atoms in total. The van der Waals surface area contributed by atoms with Gasteiger partial charge in [-0.05, 0) is 71.0 Å². The minimum Gasteiger partial charge on any atom is -0.491 e. The predicted octanol–water partition coefficient (Wildman–Crippen LogP) is 5.60. The molecule has 1 aromatic heterocycles. The van der Waals surface area contributed by atoms with Crippen LogP contribution in [-0.4, -0.2) is 42.8 Å². The molecule has 0 amide bonds. The summed E-state index contributed by atoms with van der Waals surface area (Å²) in [6, 6.07) is 19.5. The number of rotatable bonds is 4. The van der Waals surface area contributed by atoms with Crippen LogP contribution in [-0.2, 0) is 17.7 Å². The lowest BCUT2D eigenvalue weighted by atomic mass is 9.97. The van der Waals surface area contributed by atoms with Crippen molar-refractivity contribution in [2.75, 3.05) is 32.9 Å². The summed E-state index contributed by atoms with van der Waals surface area (Å²) in [4.78, 5) is 6.66. The Balaban J connectivity index is 1.61. The summed E-state index contributed by atoms with van der Waals surface area (Å²) in [6.45, 7) is 9.48. The Labute approximate surface area is 192 Å². The maximum absolute atomic E-state index is 6.15. The molecule has 4 rings (SSSR count). The molecule has 0 N–H and O–H groups in total. The molecule has 2 aromatic carbocycles. The van der Waals surface area contributed by atoms with Gasteiger partial charge in [-0.15, -0.1) is 0 Å². The summed E-state index contributed by atoms with van der Waals surface area (Å²) in [5, 5.41) is 0. The lowest BCUT2D eigenvalue weighted by Crippen LogP contribution is -2.29. The number of benzene rings is 2. The van der Waals surface area contributed by atoms with E-state index in [1.54, 1.807) is 0 Å². The van der Waals surface area contributed by atoms with Crippen LogP contribution < -0.4 is 4.74 Å². The van der Waals surface area contributed by atoms with Gasteiger partial charge in [-0.1, -0.05) is 44.2 Å². The van der Waals surface area contributed by atoms with E-state index in [1.165, 1.54) is 34.2 Å². The van der Waals surface area contributed by atoms with E-state index >= 15 is 0 Å². The zero-order valence-electron chi connectivity index (χ0n) is 19.3. The van der Waals surface area contributed by atoms with E-state index in [1.807, 2.05) is 24.5 Å². The van der Waals surface area contributed by atoms with Gasteiger partial charge in [-0.3, -0.25) is 9.88 Å². The molecule has 2 bridgehead atoms. The standard InChI is InChI=1S/C28H34N2O2/c1-22(2)10-13-30-14-15-31-16-17-32-28-7-6-26(25-8-11-29-12-9-25)20-27(28)19-23-4-3-5-24(18-23)21-30/h3-9,11-12,18,20,22H,10,13-17,19,21H2,1-2H3. The van der Waals surface area contributed by atoms with Crippen LogP contribution in [0.3, 0.4) is 0 Å². The molecule has 1 aliphatic rings. The van der Waals surface area contributed by atoms with Crippen LogP contribution in [0.25, 0.3) is 11.1 Å². The number of hydrogen-bond acceptors (Lipinski definition) is 4. The van der Waals surface area contributed by atoms with Gasteiger partial charge in [-0.2, -0.15) is 0 Å². The lowest BCUT2D eigenvalue weighted by molar-refractivity contribution is 0.0764. The number of fused-ring (bicyclic) bond motifs is 3. The summed E-state index contributed by atoms with van der Waals surface area (Å²) >= 11 is 0. The molecule has 2 heterocycles. The molecule has 0 saturated heterocycles. The quantitative estimate of drug-likeness (QED) is 0.540. The zero-order chi connectivity index (χ0) is 22.2. The number of hydrogen-bond donors (Lipinski definition) is 0. The Morgan fingerprint density at radius 2 is 1.75 bits per heavy atom. The Hall–Kier alpha value is -2.69. The fraction of sp³-hybridized carbons (Fsp3) is 0.393. The minimum absolute atomic E-state index is 0.563. The third-order valence-corrected chi connectivity index (χ3v) is 5.93. The van der Waals surface area contributed by atoms with Gasteiger partial charge in [0.05, 0.1) is 13.2 Å². The highest BCUT2D eigenvalue weighted by atomic mass is 16.5. The van der Waals surface area contributed by atoms with E-state index in [-0.39, 0.29) is 0 Å². The van der Waals surface area contributed by atoms with Gasteiger partial charge >= 0.3 is 0 Å². The van der Waals surface area contributed by atoms with Crippen LogP contribution >= 0.6 is 0 Å². The maximum Gasteiger partial charge on any atom is 0.122 e. The van der Waals surface area contributed by atoms with E-state index in [4.69, 9.17) is 9.47 Å². The van der Waals surface area contributed by atoms with Gasteiger partial charge < -0.3 is 9.47 Å². The largest absolute Gasteiger partial charge is 0.491 e. The van der Waals surface area contributed by atoms with Gasteiger partial charge in [0.25, 0.3) is 0 Å². The first kappa shape index (κ1) is 22.5. The topological polar surface area (TPSA) is 34.6 Å². The van der Waals surface area contributed by atoms with Crippen molar-refractivity contribution in [3.63, 3.8) is 0 Å². The normalized spacial score (nSPS) is 15.6. The van der Waals surface area contributed by atoms with Crippen molar-refractivity contribution in [3.8, 4) is 16.9 Å². The molecule has 32 heavy (non-hydrogen) atoms. The van der Waals surface area contributed by atoms with E-state index in [9.17, 15) is 0 Å². The van der Waals surface area contributed by atoms with Gasteiger partial charge in [0.2, 0.25) is 0 Å². The van der Waals surface area contributed by atoms with E-state index in [0.29, 0.717) is 19.1 Å². The summed E-state index contributed by atoms with van der Waals surface area (Å²) in [7, 11) is 0. The highest BCUT2D eigenvalue weighted by molar-refractivity contribution is 5.65. The van der Waals surface area contributed by atoms with Crippen molar-refractivity contribution >= 4 is 0 Å². The summed E-state index contributed by atoms with van der Waals surface area (Å²) < 4.78 is 12.1. The molecule has 1 aliphatic heterocycles. The first-order valence-corrected chi connectivity index (χ1v) is 11.7. The summed E-state index contributed by atoms with van der Waals surface area (Å²) in [5.41, 5.74) is 6.22. The van der Waals surface area contributed by atoms with E-state index in [0.717, 1.165) is 38.4 Å². The Kier molecular flexibility index (Phi) is 7.92. The molecule has 3 aromatic rings. The predicted molar refractivity (Wildman–Crippen MR) is 130 cm³/mol. The molecule has 0 atom stereocenters. The molecule has 4 heteroatoms. The lowest BCUT2D eigenvalue weighted by Gasteiger charge is -2.24. The number of ether oxygens (including phenoxy) is 2. The van der Waals surface area contributed by atoms with Crippen LogP contribution in [0, 0.1) is 5.92 Å². The van der Waals surface area contributed by atoms with E-state index in [2.05, 4.69) is 66.2 Å². The first-order chi connectivity index (χ1) is 15.7. The van der Waals surface area contributed by atoms with Crippen molar-refractivity contribution in [2.24, 2.45) is 5.92 Å². The Morgan fingerprint density at radius 1 is 0.906 bits per heavy atom. The van der Waals surface area contributed by atoms with Crippen molar-refractivity contribution < 1.29 is 9.47 Å². The van der Waals surface area contributed by atoms with Crippen molar-refractivity contribution in [1.82, 2.24) is 9.88 Å². The smallest absolute Gasteiger partial charge is 0.122 e. The van der Waals surface area contributed by atoms with Crippen LogP contribution in [0.1, 0.15) is 37.0 Å². The van der Waals surface area contributed by atoms with Crippen molar-refractivity contribution in [3.05, 3.63) is 83.7 Å². The van der Waals surface area contributed by atoms with Gasteiger partial charge in [0.1, 0.15) is 12.4 Å². The minimum atomic E-state index is 0.563. The zero-order valence-corrected chi connectivity index (χ0v) is 19.3. The molecule has 0 unspecified atom stereocenters. The Morgan fingerprint density at radius 3 is 2.59 bits per heavy atom. The second-order valence-corrected chi connectivity index (χ2v) is 8.97. The number of pyridine rings is 1. The van der Waals surface area contributed by atoms with Gasteiger partial charge in [0.15, 0.2) is 0 Å². The molecule has 0 saturated carbocycles. The number of nitrogens with zero attached hydrogens (tertiary/aromatic N) is 2. The van der Waals surface area contributed by atoms with Crippen LogP contribution in [0.5, 0.6) is 5.75 Å². The average Bonchev–Trinajstić information content (AvgIpc) is 2.80. The molecule has 168 valence electrons. The third-order valence-electron chi connectivity index (χ3n) is 5.93. The molecule has 0 fully saturated rings. The number of aromatic nitrogens is 1. The molecule has 0 spiro atoms. The monoisotopic (exact) mass is 430 g/mol. The summed E-state index contributed by atoms with van der Waals surface area (Å²) in [5.74, 6) is 1.64. The molecule has 0 radical (unpaired) electrons.